The molecule has 0 spiro atoms. The molecule has 102 valence electrons. The Labute approximate surface area is 108 Å². The van der Waals surface area contributed by atoms with E-state index in [9.17, 15) is 0 Å². The molecule has 1 unspecified atom stereocenters. The van der Waals surface area contributed by atoms with Gasteiger partial charge in [-0.2, -0.15) is 0 Å². The average molecular weight is 241 g/mol. The van der Waals surface area contributed by atoms with Crippen molar-refractivity contribution < 1.29 is 0 Å². The number of hydrogen-bond acceptors (Lipinski definition) is 3. The zero-order valence-electron chi connectivity index (χ0n) is 12.6. The van der Waals surface area contributed by atoms with Crippen LogP contribution in [0.2, 0.25) is 0 Å². The molecule has 3 heteroatoms. The number of hydrogen-bond donors (Lipinski definition) is 1. The summed E-state index contributed by atoms with van der Waals surface area (Å²) in [7, 11) is 4.38. The first kappa shape index (κ1) is 16.5. The number of nitrogens with zero attached hydrogens (tertiary/aromatic N) is 2. The predicted octanol–water partition coefficient (Wildman–Crippen LogP) is 2.16. The average Bonchev–Trinajstić information content (AvgIpc) is 2.34. The molecular formula is C14H31N3. The van der Waals surface area contributed by atoms with Crippen molar-refractivity contribution in [2.45, 2.75) is 40.2 Å². The molecule has 0 aliphatic rings. The van der Waals surface area contributed by atoms with Crippen LogP contribution in [0.3, 0.4) is 0 Å². The molecule has 0 aromatic heterocycles. The van der Waals surface area contributed by atoms with Gasteiger partial charge in [0.25, 0.3) is 0 Å². The first-order chi connectivity index (χ1) is 8.08. The molecule has 0 fully saturated rings. The van der Waals surface area contributed by atoms with E-state index in [1.165, 1.54) is 5.70 Å². The van der Waals surface area contributed by atoms with Gasteiger partial charge >= 0.3 is 0 Å². The number of allylic oxidation sites excluding steroid dienone is 1. The van der Waals surface area contributed by atoms with Crippen molar-refractivity contribution in [2.24, 2.45) is 0 Å². The Morgan fingerprint density at radius 3 is 2.35 bits per heavy atom. The SMILES string of the molecule is CCC=C(C(C)N(C)CCNCC)N(C)CC. The Morgan fingerprint density at radius 1 is 1.24 bits per heavy atom. The van der Waals surface area contributed by atoms with E-state index in [1.54, 1.807) is 0 Å². The monoisotopic (exact) mass is 241 g/mol. The molecule has 0 bridgehead atoms. The Balaban J connectivity index is 4.39. The van der Waals surface area contributed by atoms with E-state index < -0.39 is 0 Å². The summed E-state index contributed by atoms with van der Waals surface area (Å²) in [6.07, 6.45) is 3.45. The summed E-state index contributed by atoms with van der Waals surface area (Å²) in [6.45, 7) is 13.1. The lowest BCUT2D eigenvalue weighted by Crippen LogP contribution is -2.40. The lowest BCUT2D eigenvalue weighted by atomic mass is 10.1. The minimum absolute atomic E-state index is 0.485. The van der Waals surface area contributed by atoms with Crippen molar-refractivity contribution in [1.82, 2.24) is 15.1 Å². The van der Waals surface area contributed by atoms with Gasteiger partial charge in [0, 0.05) is 38.4 Å². The van der Waals surface area contributed by atoms with E-state index in [1.807, 2.05) is 0 Å². The zero-order chi connectivity index (χ0) is 13.3. The summed E-state index contributed by atoms with van der Waals surface area (Å²) < 4.78 is 0. The first-order valence-electron chi connectivity index (χ1n) is 6.90. The summed E-state index contributed by atoms with van der Waals surface area (Å²) in [6, 6.07) is 0.485. The molecule has 0 aliphatic heterocycles. The van der Waals surface area contributed by atoms with Gasteiger partial charge in [0.15, 0.2) is 0 Å². The lowest BCUT2D eigenvalue weighted by Gasteiger charge is -2.32. The minimum atomic E-state index is 0.485. The number of rotatable bonds is 9. The van der Waals surface area contributed by atoms with Gasteiger partial charge in [-0.25, -0.2) is 0 Å². The second-order valence-electron chi connectivity index (χ2n) is 4.56. The fraction of sp³-hybridized carbons (Fsp3) is 0.857. The van der Waals surface area contributed by atoms with Crippen molar-refractivity contribution in [1.29, 1.82) is 0 Å². The highest BCUT2D eigenvalue weighted by molar-refractivity contribution is 5.08. The molecule has 0 aromatic carbocycles. The van der Waals surface area contributed by atoms with Gasteiger partial charge < -0.3 is 10.2 Å². The van der Waals surface area contributed by atoms with E-state index in [-0.39, 0.29) is 0 Å². The molecule has 0 aromatic rings. The molecular weight excluding hydrogens is 210 g/mol. The molecule has 17 heavy (non-hydrogen) atoms. The van der Waals surface area contributed by atoms with E-state index in [0.717, 1.165) is 32.6 Å². The quantitative estimate of drug-likeness (QED) is 0.624. The molecule has 0 aliphatic carbocycles. The van der Waals surface area contributed by atoms with Crippen molar-refractivity contribution in [3.63, 3.8) is 0 Å². The second kappa shape index (κ2) is 9.49. The molecule has 3 nitrogen and oxygen atoms in total. The van der Waals surface area contributed by atoms with Crippen molar-refractivity contribution in [3.05, 3.63) is 11.8 Å². The molecule has 0 heterocycles. The smallest absolute Gasteiger partial charge is 0.0463 e. The highest BCUT2D eigenvalue weighted by atomic mass is 15.2. The van der Waals surface area contributed by atoms with Gasteiger partial charge in [0.05, 0.1) is 0 Å². The summed E-state index contributed by atoms with van der Waals surface area (Å²) in [5.41, 5.74) is 1.44. The van der Waals surface area contributed by atoms with E-state index >= 15 is 0 Å². The van der Waals surface area contributed by atoms with Crippen LogP contribution in [0.25, 0.3) is 0 Å². The van der Waals surface area contributed by atoms with Crippen LogP contribution in [0, 0.1) is 0 Å². The minimum Gasteiger partial charge on any atom is -0.377 e. The lowest BCUT2D eigenvalue weighted by molar-refractivity contribution is 0.244. The third kappa shape index (κ3) is 6.08. The van der Waals surface area contributed by atoms with Crippen LogP contribution in [-0.2, 0) is 0 Å². The van der Waals surface area contributed by atoms with Crippen LogP contribution in [0.4, 0.5) is 0 Å². The van der Waals surface area contributed by atoms with Crippen LogP contribution in [0.5, 0.6) is 0 Å². The van der Waals surface area contributed by atoms with Gasteiger partial charge in [-0.05, 0) is 33.9 Å². The van der Waals surface area contributed by atoms with Crippen LogP contribution in [-0.4, -0.2) is 56.1 Å². The predicted molar refractivity (Wildman–Crippen MR) is 77.3 cm³/mol. The van der Waals surface area contributed by atoms with E-state index in [2.05, 4.69) is 63.0 Å². The molecule has 1 N–H and O–H groups in total. The molecule has 0 amide bonds. The summed E-state index contributed by atoms with van der Waals surface area (Å²) >= 11 is 0. The van der Waals surface area contributed by atoms with Crippen molar-refractivity contribution in [3.8, 4) is 0 Å². The number of nitrogens with one attached hydrogen (secondary N) is 1. The van der Waals surface area contributed by atoms with Crippen LogP contribution in [0.15, 0.2) is 11.8 Å². The molecule has 0 rings (SSSR count). The Morgan fingerprint density at radius 2 is 1.88 bits per heavy atom. The van der Waals surface area contributed by atoms with E-state index in [0.29, 0.717) is 6.04 Å². The van der Waals surface area contributed by atoms with Crippen LogP contribution < -0.4 is 5.32 Å². The molecule has 0 saturated heterocycles. The maximum Gasteiger partial charge on any atom is 0.0463 e. The third-order valence-corrected chi connectivity index (χ3v) is 3.31. The van der Waals surface area contributed by atoms with Crippen molar-refractivity contribution in [2.75, 3.05) is 40.3 Å². The van der Waals surface area contributed by atoms with Gasteiger partial charge in [0.2, 0.25) is 0 Å². The maximum atomic E-state index is 3.37. The summed E-state index contributed by atoms with van der Waals surface area (Å²) in [5, 5.41) is 3.37. The van der Waals surface area contributed by atoms with Gasteiger partial charge in [-0.1, -0.05) is 19.9 Å². The van der Waals surface area contributed by atoms with Crippen molar-refractivity contribution >= 4 is 0 Å². The number of likely N-dealkylation sites (N-methyl/N-ethyl adjacent to an activating group) is 3. The fourth-order valence-electron chi connectivity index (χ4n) is 1.89. The Kier molecular flexibility index (Phi) is 9.18. The topological polar surface area (TPSA) is 18.5 Å². The third-order valence-electron chi connectivity index (χ3n) is 3.31. The summed E-state index contributed by atoms with van der Waals surface area (Å²) in [5.74, 6) is 0. The van der Waals surface area contributed by atoms with E-state index in [4.69, 9.17) is 0 Å². The highest BCUT2D eigenvalue weighted by Crippen LogP contribution is 2.13. The van der Waals surface area contributed by atoms with Gasteiger partial charge in [-0.15, -0.1) is 0 Å². The fourth-order valence-corrected chi connectivity index (χ4v) is 1.89. The first-order valence-corrected chi connectivity index (χ1v) is 6.90. The maximum absolute atomic E-state index is 3.37. The van der Waals surface area contributed by atoms with Crippen LogP contribution in [0.1, 0.15) is 34.1 Å². The molecule has 0 radical (unpaired) electrons. The Hall–Kier alpha value is -0.540. The van der Waals surface area contributed by atoms with Gasteiger partial charge in [-0.3, -0.25) is 4.90 Å². The normalized spacial score (nSPS) is 14.2. The van der Waals surface area contributed by atoms with Crippen LogP contribution >= 0.6 is 0 Å². The second-order valence-corrected chi connectivity index (χ2v) is 4.56. The molecule has 0 saturated carbocycles. The highest BCUT2D eigenvalue weighted by Gasteiger charge is 2.15. The summed E-state index contributed by atoms with van der Waals surface area (Å²) in [4.78, 5) is 4.76. The molecule has 1 atom stereocenters. The van der Waals surface area contributed by atoms with Gasteiger partial charge in [0.1, 0.15) is 0 Å². The zero-order valence-corrected chi connectivity index (χ0v) is 12.6. The largest absolute Gasteiger partial charge is 0.377 e. The Bertz CT molecular complexity index is 214. The standard InChI is InChI=1S/C14H31N3/c1-7-10-14(16(5)9-3)13(4)17(6)12-11-15-8-2/h10,13,15H,7-9,11-12H2,1-6H3.